The van der Waals surface area contributed by atoms with Gasteiger partial charge in [0.2, 0.25) is 10.0 Å². The Labute approximate surface area is 213 Å². The van der Waals surface area contributed by atoms with Crippen molar-refractivity contribution >= 4 is 40.0 Å². The quantitative estimate of drug-likeness (QED) is 0.449. The summed E-state index contributed by atoms with van der Waals surface area (Å²) < 4.78 is 47.7. The van der Waals surface area contributed by atoms with E-state index in [2.05, 4.69) is 0 Å². The van der Waals surface area contributed by atoms with Crippen molar-refractivity contribution < 1.29 is 27.4 Å². The van der Waals surface area contributed by atoms with Crippen molar-refractivity contribution in [2.75, 3.05) is 13.1 Å². The Morgan fingerprint density at radius 2 is 1.80 bits per heavy atom. The number of hydrogen-bond acceptors (Lipinski definition) is 5. The number of rotatable bonds is 8. The minimum Gasteiger partial charge on any atom is -0.480 e. The molecule has 3 aromatic rings. The Hall–Kier alpha value is -2.69. The van der Waals surface area contributed by atoms with Gasteiger partial charge in [0.05, 0.1) is 23.0 Å². The van der Waals surface area contributed by atoms with Gasteiger partial charge in [-0.15, -0.1) is 12.4 Å². The molecule has 1 aliphatic rings. The SMILES string of the molecule is Cl.N[C@@H](Cc1cccc(S(=O)(=O)N2CC(Oc3ccc(F)c(Cl)c3)(c3ccccc3)C2)c1)C(=O)O. The Bertz CT molecular complexity index is 1320. The monoisotopic (exact) mass is 540 g/mol. The van der Waals surface area contributed by atoms with Crippen molar-refractivity contribution in [3.63, 3.8) is 0 Å². The van der Waals surface area contributed by atoms with Gasteiger partial charge in [-0.2, -0.15) is 4.31 Å². The van der Waals surface area contributed by atoms with Gasteiger partial charge in [0.15, 0.2) is 5.60 Å². The van der Waals surface area contributed by atoms with E-state index >= 15 is 0 Å². The molecule has 0 radical (unpaired) electrons. The molecule has 3 aromatic carbocycles. The number of aliphatic carboxylic acids is 1. The number of sulfonamides is 1. The van der Waals surface area contributed by atoms with Gasteiger partial charge in [-0.25, -0.2) is 12.8 Å². The molecule has 0 aromatic heterocycles. The van der Waals surface area contributed by atoms with E-state index in [-0.39, 0.29) is 41.8 Å². The molecule has 1 fully saturated rings. The Kier molecular flexibility index (Phi) is 8.08. The Balaban J connectivity index is 0.00000342. The fourth-order valence-electron chi connectivity index (χ4n) is 3.83. The molecule has 4 rings (SSSR count). The third-order valence-electron chi connectivity index (χ3n) is 5.68. The summed E-state index contributed by atoms with van der Waals surface area (Å²) in [6.07, 6.45) is 0.00107. The van der Waals surface area contributed by atoms with Gasteiger partial charge in [-0.1, -0.05) is 54.1 Å². The summed E-state index contributed by atoms with van der Waals surface area (Å²) in [5.74, 6) is -1.43. The normalized spacial score (nSPS) is 16.0. The number of carboxylic acids is 1. The summed E-state index contributed by atoms with van der Waals surface area (Å²) >= 11 is 5.89. The first kappa shape index (κ1) is 26.9. The first-order valence-corrected chi connectivity index (χ1v) is 12.2. The minimum absolute atomic E-state index is 0. The zero-order valence-electron chi connectivity index (χ0n) is 18.3. The number of nitrogens with zero attached hydrogens (tertiary/aromatic N) is 1. The number of nitrogens with two attached hydrogens (primary N) is 1. The molecule has 0 bridgehead atoms. The first-order chi connectivity index (χ1) is 16.1. The van der Waals surface area contributed by atoms with Crippen LogP contribution in [0.25, 0.3) is 0 Å². The van der Waals surface area contributed by atoms with E-state index in [1.54, 1.807) is 12.1 Å². The van der Waals surface area contributed by atoms with Crippen LogP contribution in [0.1, 0.15) is 11.1 Å². The van der Waals surface area contributed by atoms with Crippen molar-refractivity contribution in [3.05, 3.63) is 94.8 Å². The van der Waals surface area contributed by atoms with Gasteiger partial charge >= 0.3 is 5.97 Å². The summed E-state index contributed by atoms with van der Waals surface area (Å²) in [5, 5.41) is 8.94. The second-order valence-corrected chi connectivity index (χ2v) is 10.5. The van der Waals surface area contributed by atoms with Crippen molar-refractivity contribution in [1.82, 2.24) is 4.31 Å². The molecule has 7 nitrogen and oxygen atoms in total. The molecule has 0 spiro atoms. The molecule has 1 aliphatic heterocycles. The maximum absolute atomic E-state index is 13.6. The van der Waals surface area contributed by atoms with Crippen LogP contribution >= 0.6 is 24.0 Å². The van der Waals surface area contributed by atoms with E-state index in [0.717, 1.165) is 5.56 Å². The summed E-state index contributed by atoms with van der Waals surface area (Å²) in [6.45, 7) is 0.0421. The van der Waals surface area contributed by atoms with Gasteiger partial charge in [-0.3, -0.25) is 4.79 Å². The van der Waals surface area contributed by atoms with E-state index in [1.165, 1.54) is 34.6 Å². The van der Waals surface area contributed by atoms with Crippen LogP contribution in [0.5, 0.6) is 5.75 Å². The van der Waals surface area contributed by atoms with Crippen LogP contribution in [0.15, 0.2) is 77.7 Å². The van der Waals surface area contributed by atoms with Crippen LogP contribution in [0.4, 0.5) is 4.39 Å². The largest absolute Gasteiger partial charge is 0.480 e. The Morgan fingerprint density at radius 3 is 2.43 bits per heavy atom. The third kappa shape index (κ3) is 5.60. The van der Waals surface area contributed by atoms with E-state index in [1.807, 2.05) is 30.3 Å². The molecule has 186 valence electrons. The van der Waals surface area contributed by atoms with Crippen LogP contribution in [0, 0.1) is 5.82 Å². The number of ether oxygens (including phenoxy) is 1. The predicted molar refractivity (Wildman–Crippen MR) is 132 cm³/mol. The second kappa shape index (κ2) is 10.5. The van der Waals surface area contributed by atoms with Crippen molar-refractivity contribution in [2.45, 2.75) is 23.0 Å². The van der Waals surface area contributed by atoms with Crippen LogP contribution in [0.3, 0.4) is 0 Å². The van der Waals surface area contributed by atoms with Crippen LogP contribution in [0.2, 0.25) is 5.02 Å². The topological polar surface area (TPSA) is 110 Å². The number of benzene rings is 3. The molecule has 1 heterocycles. The summed E-state index contributed by atoms with van der Waals surface area (Å²) in [7, 11) is -3.89. The smallest absolute Gasteiger partial charge is 0.320 e. The molecule has 0 aliphatic carbocycles. The highest BCUT2D eigenvalue weighted by molar-refractivity contribution is 7.89. The van der Waals surface area contributed by atoms with E-state index < -0.39 is 33.5 Å². The standard InChI is InChI=1S/C24H22ClFN2O5S.ClH/c25-20-13-18(9-10-21(20)26)33-24(17-6-2-1-3-7-17)14-28(15-24)34(31,32)19-8-4-5-16(11-19)12-22(27)23(29)30;/h1-11,13,22H,12,14-15,27H2,(H,29,30);1H/t22-;/m0./s1. The van der Waals surface area contributed by atoms with E-state index in [4.69, 9.17) is 27.2 Å². The zero-order chi connectivity index (χ0) is 24.5. The minimum atomic E-state index is -3.89. The molecule has 0 amide bonds. The van der Waals surface area contributed by atoms with Gasteiger partial charge in [-0.05, 0) is 41.8 Å². The number of carbonyl (C=O) groups is 1. The zero-order valence-corrected chi connectivity index (χ0v) is 20.7. The summed E-state index contributed by atoms with van der Waals surface area (Å²) in [4.78, 5) is 11.1. The third-order valence-corrected chi connectivity index (χ3v) is 7.75. The number of hydrogen-bond donors (Lipinski definition) is 2. The van der Waals surface area contributed by atoms with Crippen LogP contribution in [-0.4, -0.2) is 42.9 Å². The number of carboxylic acid groups (broad SMARTS) is 1. The number of halogens is 3. The van der Waals surface area contributed by atoms with Crippen LogP contribution in [-0.2, 0) is 26.8 Å². The maximum Gasteiger partial charge on any atom is 0.320 e. The summed E-state index contributed by atoms with van der Waals surface area (Å²) in [6, 6.07) is 18.1. The molecular weight excluding hydrogens is 518 g/mol. The second-order valence-electron chi connectivity index (χ2n) is 8.11. The highest BCUT2D eigenvalue weighted by atomic mass is 35.5. The average Bonchev–Trinajstić information content (AvgIpc) is 2.79. The highest BCUT2D eigenvalue weighted by Gasteiger charge is 2.52. The molecule has 11 heteroatoms. The molecule has 35 heavy (non-hydrogen) atoms. The van der Waals surface area contributed by atoms with E-state index in [0.29, 0.717) is 11.3 Å². The predicted octanol–water partition coefficient (Wildman–Crippen LogP) is 3.83. The fourth-order valence-corrected chi connectivity index (χ4v) is 5.61. The highest BCUT2D eigenvalue weighted by Crippen LogP contribution is 2.40. The fraction of sp³-hybridized carbons (Fsp3) is 0.208. The molecule has 1 atom stereocenters. The van der Waals surface area contributed by atoms with E-state index in [9.17, 15) is 17.6 Å². The lowest BCUT2D eigenvalue weighted by atomic mass is 9.87. The molecule has 3 N–H and O–H groups in total. The van der Waals surface area contributed by atoms with Crippen LogP contribution < -0.4 is 10.5 Å². The lowest BCUT2D eigenvalue weighted by Gasteiger charge is -2.48. The maximum atomic E-state index is 13.6. The van der Waals surface area contributed by atoms with Gasteiger partial charge < -0.3 is 15.6 Å². The average molecular weight is 541 g/mol. The molecule has 0 unspecified atom stereocenters. The van der Waals surface area contributed by atoms with Crippen molar-refractivity contribution in [1.29, 1.82) is 0 Å². The molecule has 1 saturated heterocycles. The molecule has 0 saturated carbocycles. The van der Waals surface area contributed by atoms with Crippen molar-refractivity contribution in [3.8, 4) is 5.75 Å². The van der Waals surface area contributed by atoms with Crippen molar-refractivity contribution in [2.24, 2.45) is 5.73 Å². The molecular formula is C24H23Cl2FN2O5S. The first-order valence-electron chi connectivity index (χ1n) is 10.4. The summed E-state index contributed by atoms with van der Waals surface area (Å²) in [5.41, 5.74) is 5.87. The Morgan fingerprint density at radius 1 is 1.11 bits per heavy atom. The lowest BCUT2D eigenvalue weighted by Crippen LogP contribution is -2.64. The lowest BCUT2D eigenvalue weighted by molar-refractivity contribution is -0.138. The van der Waals surface area contributed by atoms with Gasteiger partial charge in [0.1, 0.15) is 17.6 Å². The van der Waals surface area contributed by atoms with Gasteiger partial charge in [0.25, 0.3) is 0 Å². The van der Waals surface area contributed by atoms with Gasteiger partial charge in [0, 0.05) is 6.07 Å².